The number of hydrogen-bond acceptors (Lipinski definition) is 3. The first-order chi connectivity index (χ1) is 9.47. The van der Waals surface area contributed by atoms with E-state index in [0.717, 1.165) is 21.5 Å². The third kappa shape index (κ3) is 2.11. The van der Waals surface area contributed by atoms with Gasteiger partial charge in [0.2, 0.25) is 0 Å². The number of H-pyrrole nitrogens is 1. The number of hydrogen-bond donors (Lipinski definition) is 1. The molecule has 1 unspecified atom stereocenters. The summed E-state index contributed by atoms with van der Waals surface area (Å²) >= 11 is 7.32. The van der Waals surface area contributed by atoms with E-state index >= 15 is 0 Å². The number of thiophene rings is 1. The third-order valence-corrected chi connectivity index (χ3v) is 4.89. The molecule has 3 heterocycles. The predicted octanol–water partition coefficient (Wildman–Crippen LogP) is 4.69. The van der Waals surface area contributed by atoms with E-state index in [1.54, 1.807) is 0 Å². The van der Waals surface area contributed by atoms with Crippen LogP contribution in [0.15, 0.2) is 18.3 Å². The van der Waals surface area contributed by atoms with Crippen molar-refractivity contribution in [3.05, 3.63) is 44.0 Å². The number of fused-ring (bicyclic) bond motifs is 1. The zero-order valence-electron chi connectivity index (χ0n) is 12.0. The van der Waals surface area contributed by atoms with Crippen LogP contribution in [0.2, 0.25) is 0 Å². The van der Waals surface area contributed by atoms with E-state index in [9.17, 15) is 0 Å². The van der Waals surface area contributed by atoms with Crippen LogP contribution in [-0.4, -0.2) is 14.5 Å². The molecule has 0 aliphatic carbocycles. The van der Waals surface area contributed by atoms with Crippen molar-refractivity contribution in [1.82, 2.24) is 14.5 Å². The van der Waals surface area contributed by atoms with Gasteiger partial charge in [0.25, 0.3) is 0 Å². The summed E-state index contributed by atoms with van der Waals surface area (Å²) in [4.78, 5) is 10.5. The molecule has 20 heavy (non-hydrogen) atoms. The van der Waals surface area contributed by atoms with Crippen molar-refractivity contribution in [3.8, 4) is 0 Å². The van der Waals surface area contributed by atoms with Crippen LogP contribution in [0.25, 0.3) is 11.2 Å². The Morgan fingerprint density at radius 3 is 2.70 bits per heavy atom. The van der Waals surface area contributed by atoms with Gasteiger partial charge >= 0.3 is 0 Å². The molecular formula is C15H17N3S2. The highest BCUT2D eigenvalue weighted by molar-refractivity contribution is 7.71. The summed E-state index contributed by atoms with van der Waals surface area (Å²) in [5.74, 6) is 0. The SMILES string of the molecule is Cc1cnc2c(c1)[nH]c(=S)n2C(C)c1cc(C)sc1C. The standard InChI is InChI=1S/C15H17N3S2/c1-8-5-13-14(16-7-8)18(15(19)17-13)10(3)12-6-9(2)20-11(12)4/h5-7,10H,1-4H3,(H,17,19). The predicted molar refractivity (Wildman–Crippen MR) is 87.3 cm³/mol. The molecule has 0 aliphatic heterocycles. The minimum absolute atomic E-state index is 0.191. The Hall–Kier alpha value is -1.46. The van der Waals surface area contributed by atoms with E-state index in [1.807, 2.05) is 24.5 Å². The Kier molecular flexibility index (Phi) is 3.26. The van der Waals surface area contributed by atoms with Crippen LogP contribution >= 0.6 is 23.6 Å². The molecular weight excluding hydrogens is 286 g/mol. The molecule has 3 aromatic heterocycles. The second-order valence-electron chi connectivity index (χ2n) is 5.23. The fourth-order valence-electron chi connectivity index (χ4n) is 2.68. The topological polar surface area (TPSA) is 33.6 Å². The largest absolute Gasteiger partial charge is 0.329 e. The maximum absolute atomic E-state index is 5.49. The Balaban J connectivity index is 2.21. The molecule has 3 aromatic rings. The van der Waals surface area contributed by atoms with Gasteiger partial charge in [-0.15, -0.1) is 11.3 Å². The minimum Gasteiger partial charge on any atom is -0.329 e. The first kappa shape index (κ1) is 13.5. The van der Waals surface area contributed by atoms with E-state index in [2.05, 4.69) is 47.4 Å². The second kappa shape index (κ2) is 4.82. The number of pyridine rings is 1. The van der Waals surface area contributed by atoms with Gasteiger partial charge < -0.3 is 4.98 Å². The van der Waals surface area contributed by atoms with Crippen LogP contribution in [0.5, 0.6) is 0 Å². The van der Waals surface area contributed by atoms with E-state index in [0.29, 0.717) is 0 Å². The van der Waals surface area contributed by atoms with Crippen molar-refractivity contribution in [2.45, 2.75) is 33.7 Å². The molecule has 0 spiro atoms. The van der Waals surface area contributed by atoms with Crippen LogP contribution in [0, 0.1) is 25.5 Å². The zero-order chi connectivity index (χ0) is 14.4. The van der Waals surface area contributed by atoms with Crippen molar-refractivity contribution in [1.29, 1.82) is 0 Å². The Labute approximate surface area is 127 Å². The van der Waals surface area contributed by atoms with E-state index in [1.165, 1.54) is 15.3 Å². The van der Waals surface area contributed by atoms with Crippen LogP contribution < -0.4 is 0 Å². The molecule has 0 aliphatic rings. The lowest BCUT2D eigenvalue weighted by Crippen LogP contribution is -2.07. The average molecular weight is 303 g/mol. The number of rotatable bonds is 2. The maximum atomic E-state index is 5.49. The van der Waals surface area contributed by atoms with Crippen molar-refractivity contribution in [2.75, 3.05) is 0 Å². The molecule has 5 heteroatoms. The van der Waals surface area contributed by atoms with Crippen LogP contribution in [-0.2, 0) is 0 Å². The summed E-state index contributed by atoms with van der Waals surface area (Å²) in [5.41, 5.74) is 4.39. The van der Waals surface area contributed by atoms with Gasteiger partial charge in [-0.2, -0.15) is 0 Å². The first-order valence-electron chi connectivity index (χ1n) is 6.61. The van der Waals surface area contributed by atoms with Crippen LogP contribution in [0.4, 0.5) is 0 Å². The van der Waals surface area contributed by atoms with E-state index in [4.69, 9.17) is 12.2 Å². The molecule has 0 bridgehead atoms. The van der Waals surface area contributed by atoms with Gasteiger partial charge in [-0.3, -0.25) is 4.57 Å². The molecule has 0 fully saturated rings. The summed E-state index contributed by atoms with van der Waals surface area (Å²) < 4.78 is 2.84. The van der Waals surface area contributed by atoms with Gasteiger partial charge in [-0.25, -0.2) is 4.98 Å². The molecule has 0 amide bonds. The number of aromatic amines is 1. The second-order valence-corrected chi connectivity index (χ2v) is 7.08. The van der Waals surface area contributed by atoms with Crippen molar-refractivity contribution >= 4 is 34.7 Å². The maximum Gasteiger partial charge on any atom is 0.179 e. The average Bonchev–Trinajstić information content (AvgIpc) is 2.87. The number of aromatic nitrogens is 3. The summed E-state index contributed by atoms with van der Waals surface area (Å²) in [6.45, 7) is 8.53. The van der Waals surface area contributed by atoms with E-state index < -0.39 is 0 Å². The fourth-order valence-corrected chi connectivity index (χ4v) is 4.05. The van der Waals surface area contributed by atoms with Gasteiger partial charge in [0, 0.05) is 16.0 Å². The number of imidazole rings is 1. The van der Waals surface area contributed by atoms with Crippen molar-refractivity contribution < 1.29 is 0 Å². The minimum atomic E-state index is 0.191. The van der Waals surface area contributed by atoms with Crippen LogP contribution in [0.3, 0.4) is 0 Å². The van der Waals surface area contributed by atoms with Gasteiger partial charge in [0.05, 0.1) is 11.6 Å². The normalized spacial score (nSPS) is 13.0. The number of aryl methyl sites for hydroxylation is 3. The molecule has 3 rings (SSSR count). The molecule has 1 N–H and O–H groups in total. The highest BCUT2D eigenvalue weighted by atomic mass is 32.1. The molecule has 104 valence electrons. The molecule has 0 saturated heterocycles. The monoisotopic (exact) mass is 303 g/mol. The number of nitrogens with one attached hydrogen (secondary N) is 1. The Morgan fingerprint density at radius 1 is 1.30 bits per heavy atom. The smallest absolute Gasteiger partial charge is 0.179 e. The molecule has 0 saturated carbocycles. The molecule has 0 aromatic carbocycles. The highest BCUT2D eigenvalue weighted by Crippen LogP contribution is 2.30. The lowest BCUT2D eigenvalue weighted by molar-refractivity contribution is 0.643. The van der Waals surface area contributed by atoms with E-state index in [-0.39, 0.29) is 6.04 Å². The quantitative estimate of drug-likeness (QED) is 0.697. The fraction of sp³-hybridized carbons (Fsp3) is 0.333. The zero-order valence-corrected chi connectivity index (χ0v) is 13.7. The lowest BCUT2D eigenvalue weighted by atomic mass is 10.1. The summed E-state index contributed by atoms with van der Waals surface area (Å²) in [6.07, 6.45) is 1.89. The Morgan fingerprint density at radius 2 is 2.05 bits per heavy atom. The van der Waals surface area contributed by atoms with Gasteiger partial charge in [0.1, 0.15) is 0 Å². The van der Waals surface area contributed by atoms with Gasteiger partial charge in [-0.1, -0.05) is 0 Å². The van der Waals surface area contributed by atoms with Gasteiger partial charge in [0.15, 0.2) is 10.4 Å². The van der Waals surface area contributed by atoms with Crippen LogP contribution in [0.1, 0.15) is 33.8 Å². The Bertz CT molecular complexity index is 839. The molecule has 0 radical (unpaired) electrons. The van der Waals surface area contributed by atoms with Gasteiger partial charge in [-0.05, 0) is 63.2 Å². The molecule has 1 atom stereocenters. The van der Waals surface area contributed by atoms with Crippen molar-refractivity contribution in [3.63, 3.8) is 0 Å². The third-order valence-electron chi connectivity index (χ3n) is 3.61. The summed E-state index contributed by atoms with van der Waals surface area (Å²) in [7, 11) is 0. The summed E-state index contributed by atoms with van der Waals surface area (Å²) in [5, 5.41) is 0. The summed E-state index contributed by atoms with van der Waals surface area (Å²) in [6, 6.07) is 4.53. The number of nitrogens with zero attached hydrogens (tertiary/aromatic N) is 2. The first-order valence-corrected chi connectivity index (χ1v) is 7.83. The molecule has 3 nitrogen and oxygen atoms in total. The lowest BCUT2D eigenvalue weighted by Gasteiger charge is -2.14. The highest BCUT2D eigenvalue weighted by Gasteiger charge is 2.17. The van der Waals surface area contributed by atoms with Crippen molar-refractivity contribution in [2.24, 2.45) is 0 Å².